The molecule has 2 saturated heterocycles. The van der Waals surface area contributed by atoms with Crippen molar-refractivity contribution >= 4 is 23.9 Å². The van der Waals surface area contributed by atoms with E-state index >= 15 is 0 Å². The number of fused-ring (bicyclic) bond motifs is 5. The van der Waals surface area contributed by atoms with E-state index in [1.165, 1.54) is 19.4 Å². The second kappa shape index (κ2) is 8.82. The SMILES string of the molecule is CC(=O)O[C@H]1CC2C(C)(C)OC(=O)C[C@@H](OC(C)=O)[C@]2(C)C2CC[C@@]3(C)C(=CCC3[C@H]3COC(=O)C3)[C@@]21C. The molecule has 2 heterocycles. The number of carbonyl (C=O) groups excluding carboxylic acids is 4. The van der Waals surface area contributed by atoms with E-state index in [1.807, 2.05) is 13.8 Å². The maximum atomic E-state index is 13.0. The number of hydrogen-bond acceptors (Lipinski definition) is 8. The molecule has 38 heavy (non-hydrogen) atoms. The van der Waals surface area contributed by atoms with Crippen LogP contribution in [0.5, 0.6) is 0 Å². The van der Waals surface area contributed by atoms with Crippen molar-refractivity contribution in [3.8, 4) is 0 Å². The summed E-state index contributed by atoms with van der Waals surface area (Å²) in [4.78, 5) is 49.8. The number of carbonyl (C=O) groups is 4. The van der Waals surface area contributed by atoms with E-state index in [0.29, 0.717) is 19.4 Å². The molecule has 0 aromatic carbocycles. The molecule has 0 aromatic heterocycles. The molecule has 8 nitrogen and oxygen atoms in total. The Kier molecular flexibility index (Phi) is 6.31. The zero-order valence-corrected chi connectivity index (χ0v) is 23.8. The van der Waals surface area contributed by atoms with Gasteiger partial charge in [0.1, 0.15) is 17.8 Å². The number of hydrogen-bond donors (Lipinski definition) is 0. The van der Waals surface area contributed by atoms with Crippen LogP contribution in [-0.2, 0) is 38.1 Å². The van der Waals surface area contributed by atoms with E-state index in [2.05, 4.69) is 26.8 Å². The first-order valence-corrected chi connectivity index (χ1v) is 14.1. The van der Waals surface area contributed by atoms with Gasteiger partial charge in [0.15, 0.2) is 0 Å². The van der Waals surface area contributed by atoms with Crippen LogP contribution in [0.4, 0.5) is 0 Å². The molecule has 0 amide bonds. The molecular formula is C30H42O8. The van der Waals surface area contributed by atoms with E-state index in [4.69, 9.17) is 18.9 Å². The smallest absolute Gasteiger partial charge is 0.310 e. The van der Waals surface area contributed by atoms with Crippen LogP contribution in [0.1, 0.15) is 87.0 Å². The topological polar surface area (TPSA) is 105 Å². The summed E-state index contributed by atoms with van der Waals surface area (Å²) in [6.07, 6.45) is 4.74. The lowest BCUT2D eigenvalue weighted by Crippen LogP contribution is -2.67. The van der Waals surface area contributed by atoms with Crippen molar-refractivity contribution in [1.29, 1.82) is 0 Å². The van der Waals surface area contributed by atoms with Crippen molar-refractivity contribution in [2.75, 3.05) is 6.61 Å². The maximum absolute atomic E-state index is 13.0. The van der Waals surface area contributed by atoms with Crippen molar-refractivity contribution in [2.45, 2.75) is 105 Å². The third-order valence-electron chi connectivity index (χ3n) is 11.2. The molecule has 0 radical (unpaired) electrons. The molecule has 210 valence electrons. The molecule has 3 aliphatic carbocycles. The minimum absolute atomic E-state index is 0.00128. The largest absolute Gasteiger partial charge is 0.465 e. The summed E-state index contributed by atoms with van der Waals surface area (Å²) < 4.78 is 23.5. The number of esters is 4. The van der Waals surface area contributed by atoms with E-state index in [1.54, 1.807) is 0 Å². The van der Waals surface area contributed by atoms with Gasteiger partial charge in [0.05, 0.1) is 19.4 Å². The molecule has 9 atom stereocenters. The molecule has 2 aliphatic heterocycles. The van der Waals surface area contributed by atoms with Gasteiger partial charge >= 0.3 is 23.9 Å². The fourth-order valence-electron chi connectivity index (χ4n) is 9.84. The highest BCUT2D eigenvalue weighted by atomic mass is 16.6. The van der Waals surface area contributed by atoms with Gasteiger partial charge < -0.3 is 18.9 Å². The van der Waals surface area contributed by atoms with E-state index in [-0.39, 0.29) is 53.4 Å². The van der Waals surface area contributed by atoms with Crippen LogP contribution in [-0.4, -0.2) is 48.3 Å². The van der Waals surface area contributed by atoms with E-state index in [0.717, 1.165) is 19.3 Å². The normalized spacial score (nSPS) is 45.4. The Morgan fingerprint density at radius 3 is 2.18 bits per heavy atom. The lowest BCUT2D eigenvalue weighted by molar-refractivity contribution is -0.227. The Balaban J connectivity index is 1.64. The monoisotopic (exact) mass is 530 g/mol. The van der Waals surface area contributed by atoms with Gasteiger partial charge in [-0.1, -0.05) is 32.4 Å². The summed E-state index contributed by atoms with van der Waals surface area (Å²) >= 11 is 0. The molecule has 0 aromatic rings. The first-order chi connectivity index (χ1) is 17.6. The van der Waals surface area contributed by atoms with Crippen molar-refractivity contribution in [3.63, 3.8) is 0 Å². The van der Waals surface area contributed by atoms with Gasteiger partial charge in [-0.05, 0) is 56.8 Å². The fourth-order valence-corrected chi connectivity index (χ4v) is 9.84. The zero-order valence-electron chi connectivity index (χ0n) is 23.8. The van der Waals surface area contributed by atoms with Crippen LogP contribution in [0.25, 0.3) is 0 Å². The third-order valence-corrected chi connectivity index (χ3v) is 11.2. The highest BCUT2D eigenvalue weighted by molar-refractivity contribution is 5.73. The Morgan fingerprint density at radius 1 is 0.921 bits per heavy atom. The zero-order chi connectivity index (χ0) is 27.8. The Morgan fingerprint density at radius 2 is 1.58 bits per heavy atom. The lowest BCUT2D eigenvalue weighted by Gasteiger charge is -2.66. The maximum Gasteiger partial charge on any atom is 0.310 e. The standard InChI is InChI=1S/C30H42O8/c1-16(31)36-23-13-22-27(3,4)38-26(34)14-24(37-17(2)32)30(22,7)21-10-11-28(5)19(18-12-25(33)35-15-18)8-9-20(28)29(21,23)6/h9,18-19,21-24H,8,10-15H2,1-7H3/t18-,19?,21?,22?,23+,24-,28-,29+,30-/m1/s1. The van der Waals surface area contributed by atoms with Crippen LogP contribution in [0, 0.1) is 39.9 Å². The molecular weight excluding hydrogens is 488 g/mol. The molecule has 3 unspecified atom stereocenters. The van der Waals surface area contributed by atoms with Gasteiger partial charge in [-0.25, -0.2) is 0 Å². The molecule has 0 spiro atoms. The first-order valence-electron chi connectivity index (χ1n) is 14.1. The summed E-state index contributed by atoms with van der Waals surface area (Å²) in [5, 5.41) is 0. The molecule has 0 bridgehead atoms. The summed E-state index contributed by atoms with van der Waals surface area (Å²) in [6, 6.07) is 0. The van der Waals surface area contributed by atoms with Crippen LogP contribution in [0.3, 0.4) is 0 Å². The van der Waals surface area contributed by atoms with Gasteiger partial charge in [-0.3, -0.25) is 19.2 Å². The van der Waals surface area contributed by atoms with Crippen molar-refractivity contribution in [1.82, 2.24) is 0 Å². The average Bonchev–Trinajstić information content (AvgIpc) is 3.35. The third kappa shape index (κ3) is 3.83. The summed E-state index contributed by atoms with van der Waals surface area (Å²) in [5.41, 5.74) is -0.874. The Labute approximate surface area is 225 Å². The van der Waals surface area contributed by atoms with E-state index < -0.39 is 34.6 Å². The average molecular weight is 531 g/mol. The highest BCUT2D eigenvalue weighted by Crippen LogP contribution is 2.72. The first kappa shape index (κ1) is 27.2. The van der Waals surface area contributed by atoms with Gasteiger partial charge in [-0.2, -0.15) is 0 Å². The lowest BCUT2D eigenvalue weighted by atomic mass is 9.39. The second-order valence-corrected chi connectivity index (χ2v) is 13.5. The molecule has 0 N–H and O–H groups in total. The van der Waals surface area contributed by atoms with Crippen molar-refractivity contribution in [2.24, 2.45) is 39.9 Å². The number of cyclic esters (lactones) is 2. The molecule has 5 rings (SSSR count). The predicted molar refractivity (Wildman–Crippen MR) is 136 cm³/mol. The van der Waals surface area contributed by atoms with Gasteiger partial charge in [0, 0.05) is 36.5 Å². The predicted octanol–water partition coefficient (Wildman–Crippen LogP) is 4.53. The van der Waals surface area contributed by atoms with Crippen LogP contribution in [0.2, 0.25) is 0 Å². The quantitative estimate of drug-likeness (QED) is 0.298. The Hall–Kier alpha value is -2.38. The number of ether oxygens (including phenoxy) is 4. The summed E-state index contributed by atoms with van der Waals surface area (Å²) in [6.45, 7) is 13.8. The molecule has 4 fully saturated rings. The van der Waals surface area contributed by atoms with E-state index in [9.17, 15) is 19.2 Å². The molecule has 8 heteroatoms. The number of allylic oxidation sites excluding steroid dienone is 1. The minimum Gasteiger partial charge on any atom is -0.465 e. The molecule has 5 aliphatic rings. The van der Waals surface area contributed by atoms with Crippen LogP contribution >= 0.6 is 0 Å². The van der Waals surface area contributed by atoms with Crippen LogP contribution in [0.15, 0.2) is 11.6 Å². The summed E-state index contributed by atoms with van der Waals surface area (Å²) in [7, 11) is 0. The van der Waals surface area contributed by atoms with Gasteiger partial charge in [0.25, 0.3) is 0 Å². The molecule has 2 saturated carbocycles. The van der Waals surface area contributed by atoms with Crippen molar-refractivity contribution in [3.05, 3.63) is 11.6 Å². The Bertz CT molecular complexity index is 1090. The number of rotatable bonds is 3. The second-order valence-electron chi connectivity index (χ2n) is 13.5. The highest BCUT2D eigenvalue weighted by Gasteiger charge is 2.71. The fraction of sp³-hybridized carbons (Fsp3) is 0.800. The van der Waals surface area contributed by atoms with Gasteiger partial charge in [-0.15, -0.1) is 0 Å². The minimum atomic E-state index is -0.838. The van der Waals surface area contributed by atoms with Crippen molar-refractivity contribution < 1.29 is 38.1 Å². The van der Waals surface area contributed by atoms with Crippen LogP contribution < -0.4 is 0 Å². The summed E-state index contributed by atoms with van der Waals surface area (Å²) in [5.74, 6) is -1.07. The van der Waals surface area contributed by atoms with Gasteiger partial charge in [0.2, 0.25) is 0 Å².